The summed E-state index contributed by atoms with van der Waals surface area (Å²) in [5, 5.41) is 6.95. The molecule has 0 aromatic carbocycles. The van der Waals surface area contributed by atoms with E-state index < -0.39 is 0 Å². The molecule has 2 rings (SSSR count). The number of imide groups is 1. The summed E-state index contributed by atoms with van der Waals surface area (Å²) in [5.74, 6) is 0.241. The second-order valence-corrected chi connectivity index (χ2v) is 4.15. The third-order valence-corrected chi connectivity index (χ3v) is 3.07. The minimum atomic E-state index is -0.277. The zero-order chi connectivity index (χ0) is 13.1. The molecule has 18 heavy (non-hydrogen) atoms. The van der Waals surface area contributed by atoms with Crippen LogP contribution in [-0.2, 0) is 22.7 Å². The van der Waals surface area contributed by atoms with Gasteiger partial charge < -0.3 is 0 Å². The fourth-order valence-electron chi connectivity index (χ4n) is 2.01. The van der Waals surface area contributed by atoms with Crippen LogP contribution in [0.2, 0.25) is 0 Å². The summed E-state index contributed by atoms with van der Waals surface area (Å²) >= 11 is 0. The summed E-state index contributed by atoms with van der Waals surface area (Å²) < 4.78 is 1.68. The number of aryl methyl sites for hydroxylation is 1. The van der Waals surface area contributed by atoms with Gasteiger partial charge in [0.05, 0.1) is 19.1 Å². The maximum atomic E-state index is 12.1. The zero-order valence-electron chi connectivity index (χ0n) is 10.6. The van der Waals surface area contributed by atoms with Gasteiger partial charge in [-0.2, -0.15) is 5.10 Å². The summed E-state index contributed by atoms with van der Waals surface area (Å²) in [6.45, 7) is 4.92. The first-order valence-corrected chi connectivity index (χ1v) is 6.11. The lowest BCUT2D eigenvalue weighted by molar-refractivity contribution is -0.150. The van der Waals surface area contributed by atoms with Crippen LogP contribution in [0.3, 0.4) is 0 Å². The van der Waals surface area contributed by atoms with Crippen LogP contribution in [0, 0.1) is 0 Å². The number of nitrogens with one attached hydrogen (secondary N) is 1. The lowest BCUT2D eigenvalue weighted by Crippen LogP contribution is -2.57. The molecule has 1 atom stereocenters. The largest absolute Gasteiger partial charge is 0.297 e. The van der Waals surface area contributed by atoms with E-state index in [2.05, 4.69) is 15.4 Å². The quantitative estimate of drug-likeness (QED) is 0.732. The van der Waals surface area contributed by atoms with Crippen molar-refractivity contribution in [3.05, 3.63) is 12.2 Å². The van der Waals surface area contributed by atoms with E-state index >= 15 is 0 Å². The topological polar surface area (TPSA) is 80.1 Å². The second kappa shape index (κ2) is 5.26. The van der Waals surface area contributed by atoms with Crippen LogP contribution in [0.15, 0.2) is 6.33 Å². The molecule has 0 radical (unpaired) electrons. The molecule has 7 nitrogen and oxygen atoms in total. The van der Waals surface area contributed by atoms with Crippen LogP contribution in [-0.4, -0.2) is 44.1 Å². The van der Waals surface area contributed by atoms with Crippen LogP contribution >= 0.6 is 0 Å². The zero-order valence-corrected chi connectivity index (χ0v) is 10.6. The predicted octanol–water partition coefficient (Wildman–Crippen LogP) is -0.465. The number of hydrogen-bond acceptors (Lipinski definition) is 5. The summed E-state index contributed by atoms with van der Waals surface area (Å²) in [4.78, 5) is 29.2. The summed E-state index contributed by atoms with van der Waals surface area (Å²) in [6, 6.07) is -0.277. The predicted molar refractivity (Wildman–Crippen MR) is 63.3 cm³/mol. The molecule has 1 aliphatic rings. The van der Waals surface area contributed by atoms with Crippen LogP contribution < -0.4 is 5.32 Å². The van der Waals surface area contributed by atoms with Crippen molar-refractivity contribution in [3.8, 4) is 0 Å². The molecule has 1 aromatic rings. The molecule has 0 bridgehead atoms. The van der Waals surface area contributed by atoms with Crippen molar-refractivity contribution in [1.82, 2.24) is 25.0 Å². The normalized spacial score (nSPS) is 20.6. The van der Waals surface area contributed by atoms with E-state index in [4.69, 9.17) is 0 Å². The number of hydrogen-bond donors (Lipinski definition) is 1. The maximum Gasteiger partial charge on any atom is 0.246 e. The van der Waals surface area contributed by atoms with Crippen molar-refractivity contribution in [1.29, 1.82) is 0 Å². The Morgan fingerprint density at radius 2 is 2.22 bits per heavy atom. The SMILES string of the molecule is CCC1NCC(=O)N(Cc2ncnn2CC)C1=O. The highest BCUT2D eigenvalue weighted by atomic mass is 16.2. The maximum absolute atomic E-state index is 12.1. The van der Waals surface area contributed by atoms with Gasteiger partial charge in [0.1, 0.15) is 12.2 Å². The van der Waals surface area contributed by atoms with Gasteiger partial charge in [-0.15, -0.1) is 0 Å². The standard InChI is InChI=1S/C11H17N5O2/c1-3-8-11(18)15(10(17)5-12-8)6-9-13-7-14-16(9)4-2/h7-8,12H,3-6H2,1-2H3. The lowest BCUT2D eigenvalue weighted by Gasteiger charge is -2.30. The first kappa shape index (κ1) is 12.7. The molecule has 1 unspecified atom stereocenters. The molecule has 1 aliphatic heterocycles. The van der Waals surface area contributed by atoms with Gasteiger partial charge in [-0.3, -0.25) is 19.8 Å². The molecular formula is C11H17N5O2. The summed E-state index contributed by atoms with van der Waals surface area (Å²) in [5.41, 5.74) is 0. The fraction of sp³-hybridized carbons (Fsp3) is 0.636. The van der Waals surface area contributed by atoms with Gasteiger partial charge in [0.2, 0.25) is 11.8 Å². The summed E-state index contributed by atoms with van der Waals surface area (Å²) in [6.07, 6.45) is 2.11. The van der Waals surface area contributed by atoms with E-state index in [1.807, 2.05) is 13.8 Å². The minimum absolute atomic E-state index is 0.181. The lowest BCUT2D eigenvalue weighted by atomic mass is 10.1. The minimum Gasteiger partial charge on any atom is -0.297 e. The van der Waals surface area contributed by atoms with Crippen molar-refractivity contribution in [2.45, 2.75) is 39.4 Å². The molecule has 7 heteroatoms. The third-order valence-electron chi connectivity index (χ3n) is 3.07. The highest BCUT2D eigenvalue weighted by molar-refractivity contribution is 6.01. The van der Waals surface area contributed by atoms with E-state index in [9.17, 15) is 9.59 Å². The molecule has 1 aromatic heterocycles. The highest BCUT2D eigenvalue weighted by Crippen LogP contribution is 2.10. The van der Waals surface area contributed by atoms with Gasteiger partial charge >= 0.3 is 0 Å². The molecule has 1 N–H and O–H groups in total. The van der Waals surface area contributed by atoms with E-state index in [1.54, 1.807) is 4.68 Å². The van der Waals surface area contributed by atoms with Crippen LogP contribution in [0.5, 0.6) is 0 Å². The van der Waals surface area contributed by atoms with Crippen molar-refractivity contribution < 1.29 is 9.59 Å². The Morgan fingerprint density at radius 1 is 1.44 bits per heavy atom. The van der Waals surface area contributed by atoms with Gasteiger partial charge in [-0.1, -0.05) is 6.92 Å². The number of carbonyl (C=O) groups is 2. The second-order valence-electron chi connectivity index (χ2n) is 4.15. The number of amides is 2. The monoisotopic (exact) mass is 251 g/mol. The first-order valence-electron chi connectivity index (χ1n) is 6.11. The molecule has 0 aliphatic carbocycles. The van der Waals surface area contributed by atoms with Crippen LogP contribution in [0.25, 0.3) is 0 Å². The summed E-state index contributed by atoms with van der Waals surface area (Å²) in [7, 11) is 0. The van der Waals surface area contributed by atoms with Crippen LogP contribution in [0.4, 0.5) is 0 Å². The van der Waals surface area contributed by atoms with E-state index in [0.717, 1.165) is 0 Å². The van der Waals surface area contributed by atoms with Gasteiger partial charge in [-0.05, 0) is 13.3 Å². The van der Waals surface area contributed by atoms with Gasteiger partial charge in [-0.25, -0.2) is 9.67 Å². The Labute approximate surface area is 105 Å². The number of rotatable bonds is 4. The average molecular weight is 251 g/mol. The van der Waals surface area contributed by atoms with Gasteiger partial charge in [0.25, 0.3) is 0 Å². The highest BCUT2D eigenvalue weighted by Gasteiger charge is 2.33. The number of aromatic nitrogens is 3. The Hall–Kier alpha value is -1.76. The molecule has 1 fully saturated rings. The van der Waals surface area contributed by atoms with E-state index in [0.29, 0.717) is 18.8 Å². The Balaban J connectivity index is 2.16. The van der Waals surface area contributed by atoms with Crippen molar-refractivity contribution >= 4 is 11.8 Å². The fourth-order valence-corrected chi connectivity index (χ4v) is 2.01. The molecule has 0 saturated carbocycles. The third kappa shape index (κ3) is 2.26. The number of piperazine rings is 1. The molecule has 1 saturated heterocycles. The van der Waals surface area contributed by atoms with Gasteiger partial charge in [0, 0.05) is 6.54 Å². The Kier molecular flexibility index (Phi) is 3.71. The average Bonchev–Trinajstić information content (AvgIpc) is 2.82. The molecule has 2 amide bonds. The number of nitrogens with zero attached hydrogens (tertiary/aromatic N) is 4. The Morgan fingerprint density at radius 3 is 2.89 bits per heavy atom. The van der Waals surface area contributed by atoms with Crippen LogP contribution in [0.1, 0.15) is 26.1 Å². The molecular weight excluding hydrogens is 234 g/mol. The van der Waals surface area contributed by atoms with Gasteiger partial charge in [0.15, 0.2) is 0 Å². The van der Waals surface area contributed by atoms with E-state index in [-0.39, 0.29) is 30.9 Å². The molecule has 2 heterocycles. The smallest absolute Gasteiger partial charge is 0.246 e. The Bertz CT molecular complexity index is 456. The molecule has 98 valence electrons. The molecule has 0 spiro atoms. The first-order chi connectivity index (χ1) is 8.67. The van der Waals surface area contributed by atoms with Crippen molar-refractivity contribution in [2.24, 2.45) is 0 Å². The number of carbonyl (C=O) groups excluding carboxylic acids is 2. The van der Waals surface area contributed by atoms with Crippen molar-refractivity contribution in [2.75, 3.05) is 6.54 Å². The van der Waals surface area contributed by atoms with Crippen molar-refractivity contribution in [3.63, 3.8) is 0 Å². The van der Waals surface area contributed by atoms with E-state index in [1.165, 1.54) is 11.2 Å².